The lowest BCUT2D eigenvalue weighted by Gasteiger charge is -2.44. The van der Waals surface area contributed by atoms with Crippen LogP contribution in [-0.4, -0.2) is 60.1 Å². The third-order valence-electron chi connectivity index (χ3n) is 5.22. The second kappa shape index (κ2) is 9.87. The van der Waals surface area contributed by atoms with E-state index in [0.717, 1.165) is 18.7 Å². The van der Waals surface area contributed by atoms with Crippen LogP contribution in [0.2, 0.25) is 5.15 Å². The molecule has 1 saturated heterocycles. The van der Waals surface area contributed by atoms with Crippen LogP contribution in [0.1, 0.15) is 40.2 Å². The van der Waals surface area contributed by atoms with Crippen molar-refractivity contribution in [1.82, 2.24) is 14.8 Å². The molecule has 1 aromatic carbocycles. The van der Waals surface area contributed by atoms with Crippen molar-refractivity contribution in [3.8, 4) is 0 Å². The molecule has 10 heteroatoms. The lowest BCUT2D eigenvalue weighted by atomic mass is 10.1. The molecular weight excluding hydrogens is 464 g/mol. The zero-order valence-electron chi connectivity index (χ0n) is 19.6. The van der Waals surface area contributed by atoms with Crippen LogP contribution in [0.15, 0.2) is 47.5 Å². The van der Waals surface area contributed by atoms with Crippen LogP contribution in [-0.2, 0) is 21.3 Å². The number of hydrogen-bond acceptors (Lipinski definition) is 6. The van der Waals surface area contributed by atoms with E-state index < -0.39 is 15.6 Å². The Bertz CT molecular complexity index is 1060. The quantitative estimate of drug-likeness (QED) is 0.621. The van der Waals surface area contributed by atoms with E-state index in [2.05, 4.69) is 14.6 Å². The van der Waals surface area contributed by atoms with Crippen molar-refractivity contribution in [3.63, 3.8) is 0 Å². The molecule has 33 heavy (non-hydrogen) atoms. The molecular formula is C23H31ClN4O4S. The Hall–Kier alpha value is -2.36. The molecule has 0 radical (unpaired) electrons. The number of amides is 1. The van der Waals surface area contributed by atoms with Crippen LogP contribution in [0, 0.1) is 0 Å². The molecule has 1 aromatic heterocycles. The highest BCUT2D eigenvalue weighted by molar-refractivity contribution is 7.92. The Morgan fingerprint density at radius 1 is 1.12 bits per heavy atom. The van der Waals surface area contributed by atoms with Gasteiger partial charge in [0.05, 0.1) is 0 Å². The number of ether oxygens (including phenoxy) is 1. The first-order chi connectivity index (χ1) is 15.3. The van der Waals surface area contributed by atoms with Crippen LogP contribution in [0.25, 0.3) is 0 Å². The van der Waals surface area contributed by atoms with Gasteiger partial charge in [-0.25, -0.2) is 18.2 Å². The molecule has 0 aliphatic carbocycles. The van der Waals surface area contributed by atoms with Gasteiger partial charge in [0.25, 0.3) is 10.0 Å². The van der Waals surface area contributed by atoms with Crippen molar-refractivity contribution < 1.29 is 17.9 Å². The lowest BCUT2D eigenvalue weighted by Crippen LogP contribution is -2.59. The third kappa shape index (κ3) is 6.82. The zero-order valence-corrected chi connectivity index (χ0v) is 21.2. The van der Waals surface area contributed by atoms with E-state index in [4.69, 9.17) is 16.3 Å². The number of sulfonamides is 1. The van der Waals surface area contributed by atoms with Gasteiger partial charge in [-0.1, -0.05) is 23.7 Å². The fraction of sp³-hybridized carbons (Fsp3) is 0.478. The number of halogens is 1. The van der Waals surface area contributed by atoms with Crippen LogP contribution >= 0.6 is 11.6 Å². The Morgan fingerprint density at radius 2 is 1.73 bits per heavy atom. The maximum Gasteiger partial charge on any atom is 0.410 e. The standard InChI is InChI=1S/C23H31ClN4O4S/c1-16-13-27(14-17(2)28(16)22(29)32-23(3,4)5)15-18-6-8-19(9-7-18)26-33(30,31)20-10-11-21(24)25-12-20/h6-12,16-17,26H,13-15H2,1-5H3/t16-,17+. The number of piperazine rings is 1. The summed E-state index contributed by atoms with van der Waals surface area (Å²) in [4.78, 5) is 20.5. The van der Waals surface area contributed by atoms with Gasteiger partial charge in [-0.3, -0.25) is 9.62 Å². The average molecular weight is 495 g/mol. The van der Waals surface area contributed by atoms with Crippen molar-refractivity contribution in [2.24, 2.45) is 0 Å². The Kier molecular flexibility index (Phi) is 7.55. The van der Waals surface area contributed by atoms with Gasteiger partial charge in [-0.2, -0.15) is 0 Å². The molecule has 3 rings (SSSR count). The number of carbonyl (C=O) groups excluding carboxylic acids is 1. The topological polar surface area (TPSA) is 91.8 Å². The molecule has 180 valence electrons. The minimum atomic E-state index is -3.74. The van der Waals surface area contributed by atoms with Gasteiger partial charge in [0.1, 0.15) is 15.6 Å². The number of benzene rings is 1. The number of aromatic nitrogens is 1. The molecule has 0 spiro atoms. The highest BCUT2D eigenvalue weighted by Gasteiger charge is 2.35. The molecule has 0 unspecified atom stereocenters. The van der Waals surface area contributed by atoms with Crippen LogP contribution in [0.4, 0.5) is 10.5 Å². The molecule has 1 aliphatic rings. The Balaban J connectivity index is 1.60. The highest BCUT2D eigenvalue weighted by Crippen LogP contribution is 2.22. The molecule has 1 N–H and O–H groups in total. The molecule has 2 aromatic rings. The molecule has 1 fully saturated rings. The summed E-state index contributed by atoms with van der Waals surface area (Å²) in [5.74, 6) is 0. The SMILES string of the molecule is C[C@@H]1CN(Cc2ccc(NS(=O)(=O)c3ccc(Cl)nc3)cc2)C[C@H](C)N1C(=O)OC(C)(C)C. The number of hydrogen-bond donors (Lipinski definition) is 1. The summed E-state index contributed by atoms with van der Waals surface area (Å²) < 4.78 is 33.1. The average Bonchev–Trinajstić information content (AvgIpc) is 2.67. The first kappa shape index (κ1) is 25.3. The summed E-state index contributed by atoms with van der Waals surface area (Å²) in [6, 6.07) is 10.1. The second-order valence-corrected chi connectivity index (χ2v) is 11.5. The smallest absolute Gasteiger partial charge is 0.410 e. The summed E-state index contributed by atoms with van der Waals surface area (Å²) in [6.07, 6.45) is 0.938. The van der Waals surface area contributed by atoms with Crippen LogP contribution < -0.4 is 4.72 Å². The summed E-state index contributed by atoms with van der Waals surface area (Å²) >= 11 is 5.73. The predicted molar refractivity (Wildman–Crippen MR) is 129 cm³/mol. The molecule has 8 nitrogen and oxygen atoms in total. The normalized spacial score (nSPS) is 19.9. The summed E-state index contributed by atoms with van der Waals surface area (Å²) in [6.45, 7) is 11.8. The monoisotopic (exact) mass is 494 g/mol. The van der Waals surface area contributed by atoms with E-state index in [1.165, 1.54) is 18.3 Å². The van der Waals surface area contributed by atoms with E-state index in [9.17, 15) is 13.2 Å². The summed E-state index contributed by atoms with van der Waals surface area (Å²) in [5, 5.41) is 0.230. The number of anilines is 1. The van der Waals surface area contributed by atoms with Crippen molar-refractivity contribution in [3.05, 3.63) is 53.3 Å². The van der Waals surface area contributed by atoms with E-state index >= 15 is 0 Å². The van der Waals surface area contributed by atoms with Crippen molar-refractivity contribution in [1.29, 1.82) is 0 Å². The van der Waals surface area contributed by atoms with Crippen LogP contribution in [0.5, 0.6) is 0 Å². The third-order valence-corrected chi connectivity index (χ3v) is 6.81. The minimum Gasteiger partial charge on any atom is -0.444 e. The minimum absolute atomic E-state index is 0.0164. The number of pyridine rings is 1. The predicted octanol–water partition coefficient (Wildman–Crippen LogP) is 4.37. The highest BCUT2D eigenvalue weighted by atomic mass is 35.5. The van der Waals surface area contributed by atoms with E-state index in [0.29, 0.717) is 12.2 Å². The van der Waals surface area contributed by atoms with Gasteiger partial charge in [0.15, 0.2) is 0 Å². The fourth-order valence-electron chi connectivity index (χ4n) is 3.91. The summed E-state index contributed by atoms with van der Waals surface area (Å²) in [5.41, 5.74) is 0.988. The van der Waals surface area contributed by atoms with Gasteiger partial charge in [-0.05, 0) is 64.4 Å². The lowest BCUT2D eigenvalue weighted by molar-refractivity contribution is -0.0162. The number of nitrogens with zero attached hydrogens (tertiary/aromatic N) is 3. The van der Waals surface area contributed by atoms with Gasteiger partial charge >= 0.3 is 6.09 Å². The first-order valence-corrected chi connectivity index (χ1v) is 12.7. The maximum absolute atomic E-state index is 12.6. The van der Waals surface area contributed by atoms with E-state index in [1.807, 2.05) is 51.7 Å². The zero-order chi connectivity index (χ0) is 24.4. The number of rotatable bonds is 5. The molecule has 2 atom stereocenters. The van der Waals surface area contributed by atoms with E-state index in [1.54, 1.807) is 12.1 Å². The molecule has 0 bridgehead atoms. The van der Waals surface area contributed by atoms with E-state index in [-0.39, 0.29) is 28.2 Å². The van der Waals surface area contributed by atoms with Crippen molar-refractivity contribution in [2.45, 2.75) is 63.7 Å². The van der Waals surface area contributed by atoms with Crippen LogP contribution in [0.3, 0.4) is 0 Å². The molecule has 0 saturated carbocycles. The van der Waals surface area contributed by atoms with Gasteiger partial charge in [0.2, 0.25) is 0 Å². The van der Waals surface area contributed by atoms with Crippen molar-refractivity contribution in [2.75, 3.05) is 17.8 Å². The largest absolute Gasteiger partial charge is 0.444 e. The molecule has 2 heterocycles. The summed E-state index contributed by atoms with van der Waals surface area (Å²) in [7, 11) is -3.74. The second-order valence-electron chi connectivity index (χ2n) is 9.40. The van der Waals surface area contributed by atoms with Gasteiger partial charge in [0, 0.05) is 43.6 Å². The maximum atomic E-state index is 12.6. The Morgan fingerprint density at radius 3 is 2.24 bits per heavy atom. The fourth-order valence-corrected chi connectivity index (χ4v) is 5.02. The van der Waals surface area contributed by atoms with Gasteiger partial charge in [-0.15, -0.1) is 0 Å². The van der Waals surface area contributed by atoms with Crippen molar-refractivity contribution >= 4 is 33.4 Å². The number of nitrogens with one attached hydrogen (secondary N) is 1. The molecule has 1 aliphatic heterocycles. The first-order valence-electron chi connectivity index (χ1n) is 10.8. The number of carbonyl (C=O) groups is 1. The Labute approximate surface area is 200 Å². The molecule has 1 amide bonds. The van der Waals surface area contributed by atoms with Gasteiger partial charge < -0.3 is 9.64 Å².